The van der Waals surface area contributed by atoms with Gasteiger partial charge in [-0.25, -0.2) is 8.42 Å². The lowest BCUT2D eigenvalue weighted by molar-refractivity contribution is -0.917. The van der Waals surface area contributed by atoms with Gasteiger partial charge in [-0.1, -0.05) is 28.9 Å². The lowest BCUT2D eigenvalue weighted by atomic mass is 10.3. The minimum absolute atomic E-state index is 0.162. The molecule has 0 spiro atoms. The van der Waals surface area contributed by atoms with Gasteiger partial charge in [-0.3, -0.25) is 0 Å². The Hall–Kier alpha value is -2.13. The van der Waals surface area contributed by atoms with Crippen LogP contribution in [-0.4, -0.2) is 44.1 Å². The highest BCUT2D eigenvalue weighted by Crippen LogP contribution is 2.24. The van der Waals surface area contributed by atoms with Gasteiger partial charge in [0.05, 0.1) is 37.5 Å². The first-order chi connectivity index (χ1) is 13.0. The summed E-state index contributed by atoms with van der Waals surface area (Å²) >= 11 is 6.07. The maximum Gasteiger partial charge on any atom is 0.244 e. The first-order valence-corrected chi connectivity index (χ1v) is 10.4. The van der Waals surface area contributed by atoms with Crippen molar-refractivity contribution in [2.24, 2.45) is 0 Å². The van der Waals surface area contributed by atoms with Crippen LogP contribution in [0.5, 0.6) is 0 Å². The van der Waals surface area contributed by atoms with E-state index in [-0.39, 0.29) is 9.92 Å². The smallest absolute Gasteiger partial charge is 0.244 e. The van der Waals surface area contributed by atoms with Gasteiger partial charge < -0.3 is 13.8 Å². The van der Waals surface area contributed by atoms with Crippen LogP contribution < -0.4 is 4.90 Å². The van der Waals surface area contributed by atoms with Gasteiger partial charge >= 0.3 is 0 Å². The topological polar surface area (TPSA) is 81.0 Å². The van der Waals surface area contributed by atoms with Crippen molar-refractivity contribution in [3.05, 3.63) is 59.4 Å². The first-order valence-electron chi connectivity index (χ1n) is 8.62. The predicted molar refractivity (Wildman–Crippen MR) is 98.8 cm³/mol. The van der Waals surface area contributed by atoms with Gasteiger partial charge in [-0.05, 0) is 24.3 Å². The average molecular weight is 409 g/mol. The van der Waals surface area contributed by atoms with Gasteiger partial charge in [0.1, 0.15) is 17.1 Å². The van der Waals surface area contributed by atoms with E-state index in [1.807, 2.05) is 12.1 Å². The van der Waals surface area contributed by atoms with Crippen LogP contribution in [0.25, 0.3) is 11.5 Å². The number of furan rings is 1. The molecule has 1 aliphatic heterocycles. The number of rotatable bonds is 5. The van der Waals surface area contributed by atoms with E-state index < -0.39 is 10.0 Å². The van der Waals surface area contributed by atoms with Crippen molar-refractivity contribution in [3.8, 4) is 11.5 Å². The molecule has 2 aromatic heterocycles. The number of benzene rings is 1. The highest BCUT2D eigenvalue weighted by atomic mass is 35.5. The van der Waals surface area contributed by atoms with Crippen LogP contribution in [0.15, 0.2) is 62.6 Å². The van der Waals surface area contributed by atoms with Crippen LogP contribution in [-0.2, 0) is 16.6 Å². The van der Waals surface area contributed by atoms with E-state index in [0.29, 0.717) is 44.2 Å². The number of quaternary nitrogens is 1. The van der Waals surface area contributed by atoms with Crippen molar-refractivity contribution in [1.82, 2.24) is 9.46 Å². The summed E-state index contributed by atoms with van der Waals surface area (Å²) in [5.41, 5.74) is 0.818. The number of halogens is 1. The molecule has 7 nitrogen and oxygen atoms in total. The molecule has 0 amide bonds. The van der Waals surface area contributed by atoms with E-state index in [2.05, 4.69) is 5.16 Å². The third-order valence-corrected chi connectivity index (χ3v) is 7.04. The monoisotopic (exact) mass is 408 g/mol. The highest BCUT2D eigenvalue weighted by molar-refractivity contribution is 7.89. The van der Waals surface area contributed by atoms with E-state index >= 15 is 0 Å². The van der Waals surface area contributed by atoms with E-state index in [9.17, 15) is 8.42 Å². The first kappa shape index (κ1) is 18.2. The molecule has 1 aliphatic rings. The molecule has 0 atom stereocenters. The van der Waals surface area contributed by atoms with Gasteiger partial charge in [0, 0.05) is 6.07 Å². The molecule has 3 heterocycles. The molecular formula is C18H19ClN3O4S+. The molecule has 1 aromatic carbocycles. The Balaban J connectivity index is 1.39. The molecule has 1 fully saturated rings. The number of sulfonamides is 1. The van der Waals surface area contributed by atoms with Crippen molar-refractivity contribution in [2.45, 2.75) is 11.4 Å². The summed E-state index contributed by atoms with van der Waals surface area (Å²) in [5, 5.41) is 4.34. The van der Waals surface area contributed by atoms with Crippen molar-refractivity contribution < 1.29 is 22.3 Å². The van der Waals surface area contributed by atoms with Crippen LogP contribution >= 0.6 is 11.6 Å². The molecule has 0 saturated carbocycles. The molecule has 0 bridgehead atoms. The largest absolute Gasteiger partial charge is 0.461 e. The number of hydrogen-bond acceptors (Lipinski definition) is 5. The SMILES string of the molecule is O=S(=O)(c1ccccc1Cl)N1CC[NH+](Cc2cc(-c3ccco3)on2)CC1. The Morgan fingerprint density at radius 2 is 1.89 bits per heavy atom. The number of aromatic nitrogens is 1. The summed E-state index contributed by atoms with van der Waals surface area (Å²) in [6.45, 7) is 2.92. The Kier molecular flexibility index (Phi) is 5.05. The fourth-order valence-corrected chi connectivity index (χ4v) is 5.13. The van der Waals surface area contributed by atoms with E-state index in [4.69, 9.17) is 20.5 Å². The fraction of sp³-hybridized carbons (Fsp3) is 0.278. The van der Waals surface area contributed by atoms with Crippen LogP contribution in [0, 0.1) is 0 Å². The van der Waals surface area contributed by atoms with Crippen molar-refractivity contribution in [2.75, 3.05) is 26.2 Å². The van der Waals surface area contributed by atoms with Crippen LogP contribution in [0.1, 0.15) is 5.69 Å². The van der Waals surface area contributed by atoms with Gasteiger partial charge in [-0.2, -0.15) is 4.31 Å². The summed E-state index contributed by atoms with van der Waals surface area (Å²) in [6, 6.07) is 12.0. The second kappa shape index (κ2) is 7.47. The summed E-state index contributed by atoms with van der Waals surface area (Å²) in [5.74, 6) is 1.23. The molecule has 0 unspecified atom stereocenters. The Morgan fingerprint density at radius 1 is 1.11 bits per heavy atom. The Morgan fingerprint density at radius 3 is 2.59 bits per heavy atom. The summed E-state index contributed by atoms with van der Waals surface area (Å²) < 4.78 is 37.7. The zero-order valence-corrected chi connectivity index (χ0v) is 16.0. The quantitative estimate of drug-likeness (QED) is 0.694. The molecular weight excluding hydrogens is 390 g/mol. The van der Waals surface area contributed by atoms with Gasteiger partial charge in [0.25, 0.3) is 0 Å². The van der Waals surface area contributed by atoms with Crippen LogP contribution in [0.4, 0.5) is 0 Å². The number of nitrogens with zero attached hydrogens (tertiary/aromatic N) is 2. The van der Waals surface area contributed by atoms with Gasteiger partial charge in [0.2, 0.25) is 15.8 Å². The van der Waals surface area contributed by atoms with Crippen molar-refractivity contribution in [3.63, 3.8) is 0 Å². The van der Waals surface area contributed by atoms with Crippen molar-refractivity contribution in [1.29, 1.82) is 0 Å². The van der Waals surface area contributed by atoms with E-state index in [1.54, 1.807) is 36.6 Å². The van der Waals surface area contributed by atoms with Crippen LogP contribution in [0.2, 0.25) is 5.02 Å². The van der Waals surface area contributed by atoms with E-state index in [0.717, 1.165) is 5.69 Å². The van der Waals surface area contributed by atoms with Gasteiger partial charge in [0.15, 0.2) is 5.76 Å². The zero-order chi connectivity index (χ0) is 18.9. The molecule has 27 heavy (non-hydrogen) atoms. The summed E-state index contributed by atoms with van der Waals surface area (Å²) in [4.78, 5) is 1.41. The maximum absolute atomic E-state index is 12.8. The fourth-order valence-electron chi connectivity index (χ4n) is 3.20. The van der Waals surface area contributed by atoms with E-state index in [1.165, 1.54) is 9.21 Å². The van der Waals surface area contributed by atoms with Crippen LogP contribution in [0.3, 0.4) is 0 Å². The third kappa shape index (κ3) is 3.79. The molecule has 0 aliphatic carbocycles. The Bertz CT molecular complexity index is 1010. The number of piperazine rings is 1. The molecule has 3 aromatic rings. The van der Waals surface area contributed by atoms with Crippen molar-refractivity contribution >= 4 is 21.6 Å². The summed E-state index contributed by atoms with van der Waals surface area (Å²) in [6.07, 6.45) is 1.58. The van der Waals surface area contributed by atoms with Gasteiger partial charge in [-0.15, -0.1) is 0 Å². The molecule has 1 saturated heterocycles. The maximum atomic E-state index is 12.8. The minimum atomic E-state index is -3.57. The highest BCUT2D eigenvalue weighted by Gasteiger charge is 2.32. The molecule has 0 radical (unpaired) electrons. The molecule has 4 rings (SSSR count). The second-order valence-corrected chi connectivity index (χ2v) is 8.73. The Labute approximate surface area is 162 Å². The minimum Gasteiger partial charge on any atom is -0.461 e. The average Bonchev–Trinajstić information content (AvgIpc) is 3.34. The lowest BCUT2D eigenvalue weighted by Gasteiger charge is -2.31. The number of hydrogen-bond donors (Lipinski definition) is 1. The number of nitrogens with one attached hydrogen (secondary N) is 1. The molecule has 1 N–H and O–H groups in total. The predicted octanol–water partition coefficient (Wildman–Crippen LogP) is 1.68. The standard InChI is InChI=1S/C18H18ClN3O4S/c19-15-4-1-2-6-18(15)27(23,24)22-9-7-21(8-10-22)13-14-12-17(26-20-14)16-5-3-11-25-16/h1-6,11-12H,7-10,13H2/p+1. The zero-order valence-electron chi connectivity index (χ0n) is 14.5. The summed E-state index contributed by atoms with van der Waals surface area (Å²) in [7, 11) is -3.57. The molecule has 9 heteroatoms. The second-order valence-electron chi connectivity index (χ2n) is 6.42. The molecule has 142 valence electrons. The normalized spacial score (nSPS) is 16.6. The third-order valence-electron chi connectivity index (χ3n) is 4.64. The lowest BCUT2D eigenvalue weighted by Crippen LogP contribution is -3.13.